The Morgan fingerprint density at radius 2 is 1.61 bits per heavy atom. The number of amides is 5. The smallest absolute Gasteiger partial charge is 0.326 e. The SMILES string of the molecule is CCC[C@H](N)C(=O)N[C@@H](Cc1ccc(O)c(I)c1)C(=O)N[C@H](C(=O)N[C@@H](Cc1cnc[nH]1)C(=O)N1CCC[C@H]1C(=O)N[C@@H](Cc1ccccc1)C(=O)O)C(C)CC. The van der Waals surface area contributed by atoms with Crippen LogP contribution in [-0.2, 0) is 48.0 Å². The van der Waals surface area contributed by atoms with Crippen LogP contribution in [0.1, 0.15) is 69.7 Å². The number of nitrogens with zero attached hydrogens (tertiary/aromatic N) is 2. The second-order valence-electron chi connectivity index (χ2n) is 14.4. The molecule has 0 saturated carbocycles. The Balaban J connectivity index is 1.55. The van der Waals surface area contributed by atoms with E-state index in [1.165, 1.54) is 23.5 Å². The zero-order valence-corrected chi connectivity index (χ0v) is 34.5. The number of imidazole rings is 1. The van der Waals surface area contributed by atoms with Gasteiger partial charge in [-0.25, -0.2) is 9.78 Å². The first-order valence-corrected chi connectivity index (χ1v) is 20.3. The maximum atomic E-state index is 14.3. The van der Waals surface area contributed by atoms with E-state index in [0.29, 0.717) is 46.9 Å². The number of benzene rings is 2. The Labute approximate surface area is 345 Å². The van der Waals surface area contributed by atoms with Gasteiger partial charge in [0.2, 0.25) is 29.5 Å². The van der Waals surface area contributed by atoms with Crippen molar-refractivity contribution >= 4 is 58.1 Å². The van der Waals surface area contributed by atoms with Crippen LogP contribution in [0.4, 0.5) is 0 Å². The van der Waals surface area contributed by atoms with Crippen LogP contribution in [0.3, 0.4) is 0 Å². The average Bonchev–Trinajstić information content (AvgIpc) is 3.90. The highest BCUT2D eigenvalue weighted by Gasteiger charge is 2.40. The Bertz CT molecular complexity index is 1850. The lowest BCUT2D eigenvalue weighted by Gasteiger charge is -2.31. The second-order valence-corrected chi connectivity index (χ2v) is 15.6. The molecule has 0 radical (unpaired) electrons. The minimum Gasteiger partial charge on any atom is -0.507 e. The number of aromatic hydroxyl groups is 1. The van der Waals surface area contributed by atoms with Gasteiger partial charge >= 0.3 is 5.97 Å². The second kappa shape index (κ2) is 21.5. The number of aliphatic carboxylic acids is 1. The summed E-state index contributed by atoms with van der Waals surface area (Å²) < 4.78 is 0.551. The van der Waals surface area contributed by atoms with Crippen LogP contribution in [0.2, 0.25) is 0 Å². The maximum Gasteiger partial charge on any atom is 0.326 e. The van der Waals surface area contributed by atoms with Crippen LogP contribution in [0.5, 0.6) is 5.75 Å². The number of hydrogen-bond acceptors (Lipinski definition) is 9. The zero-order valence-electron chi connectivity index (χ0n) is 32.4. The molecule has 0 spiro atoms. The van der Waals surface area contributed by atoms with E-state index >= 15 is 0 Å². The molecule has 57 heavy (non-hydrogen) atoms. The van der Waals surface area contributed by atoms with Crippen LogP contribution in [-0.4, -0.2) is 103 Å². The number of phenolic OH excluding ortho intramolecular Hbond substituents is 1. The van der Waals surface area contributed by atoms with Crippen LogP contribution >= 0.6 is 22.6 Å². The molecule has 7 atom stereocenters. The van der Waals surface area contributed by atoms with Gasteiger partial charge in [0.1, 0.15) is 36.0 Å². The summed E-state index contributed by atoms with van der Waals surface area (Å²) >= 11 is 1.96. The fourth-order valence-electron chi connectivity index (χ4n) is 6.70. The molecule has 9 N–H and O–H groups in total. The molecule has 3 aromatic rings. The summed E-state index contributed by atoms with van der Waals surface area (Å²) in [5, 5.41) is 31.0. The van der Waals surface area contributed by atoms with Crippen molar-refractivity contribution in [3.05, 3.63) is 81.4 Å². The molecular weight excluding hydrogens is 847 g/mol. The molecule has 1 aliphatic heterocycles. The number of hydrogen-bond donors (Lipinski definition) is 8. The highest BCUT2D eigenvalue weighted by atomic mass is 127. The lowest BCUT2D eigenvalue weighted by molar-refractivity contribution is -0.145. The number of rotatable bonds is 20. The normalized spacial score (nSPS) is 17.0. The first-order valence-electron chi connectivity index (χ1n) is 19.2. The van der Waals surface area contributed by atoms with Crippen molar-refractivity contribution in [3.8, 4) is 5.75 Å². The van der Waals surface area contributed by atoms with Crippen molar-refractivity contribution in [1.29, 1.82) is 0 Å². The van der Waals surface area contributed by atoms with E-state index in [-0.39, 0.29) is 31.6 Å². The lowest BCUT2D eigenvalue weighted by atomic mass is 9.96. The maximum absolute atomic E-state index is 14.3. The molecule has 2 heterocycles. The Kier molecular flexibility index (Phi) is 16.8. The fraction of sp³-hybridized carbons (Fsp3) is 0.475. The van der Waals surface area contributed by atoms with Gasteiger partial charge in [0.25, 0.3) is 0 Å². The predicted molar refractivity (Wildman–Crippen MR) is 219 cm³/mol. The largest absolute Gasteiger partial charge is 0.507 e. The highest BCUT2D eigenvalue weighted by molar-refractivity contribution is 14.1. The summed E-state index contributed by atoms with van der Waals surface area (Å²) in [7, 11) is 0. The van der Waals surface area contributed by atoms with Crippen molar-refractivity contribution in [3.63, 3.8) is 0 Å². The molecule has 0 bridgehead atoms. The average molecular weight is 901 g/mol. The van der Waals surface area contributed by atoms with Crippen LogP contribution in [0, 0.1) is 9.49 Å². The number of carboxylic acid groups (broad SMARTS) is 1. The number of halogens is 1. The quantitative estimate of drug-likeness (QED) is 0.0766. The standard InChI is InChI=1S/C40H53IN8O8/c1-4-10-28(42)35(51)45-29(19-25-14-15-33(50)27(41)17-25)36(52)48-34(23(3)5-2)38(54)46-30(20-26-21-43-22-44-26)39(55)49-16-9-13-32(49)37(53)47-31(40(56)57)18-24-11-7-6-8-12-24/h6-8,11-12,14-15,17,21-23,28-32,34,50H,4-5,9-10,13,16,18-20,42H2,1-3H3,(H,43,44)(H,45,51)(H,46,54)(H,47,53)(H,48,52)(H,56,57)/t23?,28-,29-,30-,31-,32-,34-/m0/s1. The summed E-state index contributed by atoms with van der Waals surface area (Å²) in [5.74, 6) is -4.58. The summed E-state index contributed by atoms with van der Waals surface area (Å²) in [5.41, 5.74) is 7.98. The summed E-state index contributed by atoms with van der Waals surface area (Å²) in [6.07, 6.45) is 5.29. The van der Waals surface area contributed by atoms with Crippen molar-refractivity contribution in [1.82, 2.24) is 36.1 Å². The third-order valence-corrected chi connectivity index (χ3v) is 11.0. The molecule has 1 unspecified atom stereocenters. The number of nitrogens with two attached hydrogens (primary N) is 1. The van der Waals surface area contributed by atoms with E-state index in [1.54, 1.807) is 49.4 Å². The van der Waals surface area contributed by atoms with E-state index < -0.39 is 77.7 Å². The highest BCUT2D eigenvalue weighted by Crippen LogP contribution is 2.23. The fourth-order valence-corrected chi connectivity index (χ4v) is 7.28. The monoisotopic (exact) mass is 900 g/mol. The molecule has 16 nitrogen and oxygen atoms in total. The van der Waals surface area contributed by atoms with Crippen molar-refractivity contribution in [2.45, 2.75) is 108 Å². The number of carboxylic acids is 1. The molecule has 1 fully saturated rings. The van der Waals surface area contributed by atoms with Crippen LogP contribution in [0.25, 0.3) is 0 Å². The van der Waals surface area contributed by atoms with Crippen LogP contribution < -0.4 is 27.0 Å². The van der Waals surface area contributed by atoms with Gasteiger partial charge in [-0.2, -0.15) is 0 Å². The van der Waals surface area contributed by atoms with E-state index in [4.69, 9.17) is 5.73 Å². The third kappa shape index (κ3) is 12.7. The summed E-state index contributed by atoms with van der Waals surface area (Å²) in [4.78, 5) is 89.7. The minimum atomic E-state index is -1.23. The van der Waals surface area contributed by atoms with Gasteiger partial charge in [0.15, 0.2) is 0 Å². The molecule has 17 heteroatoms. The number of phenols is 1. The number of H-pyrrole nitrogens is 1. The van der Waals surface area contributed by atoms with Gasteiger partial charge < -0.3 is 47.1 Å². The molecule has 1 aliphatic rings. The van der Waals surface area contributed by atoms with Crippen molar-refractivity contribution < 1.29 is 39.0 Å². The Morgan fingerprint density at radius 1 is 0.912 bits per heavy atom. The lowest BCUT2D eigenvalue weighted by Crippen LogP contribution is -2.61. The van der Waals surface area contributed by atoms with Gasteiger partial charge in [-0.1, -0.05) is 70.0 Å². The van der Waals surface area contributed by atoms with Gasteiger partial charge in [0.05, 0.1) is 15.9 Å². The minimum absolute atomic E-state index is 0.0180. The van der Waals surface area contributed by atoms with E-state index in [0.717, 1.165) is 5.56 Å². The van der Waals surface area contributed by atoms with E-state index in [2.05, 4.69) is 31.2 Å². The number of nitrogens with one attached hydrogen (secondary N) is 5. The van der Waals surface area contributed by atoms with Gasteiger partial charge in [0, 0.05) is 37.7 Å². The summed E-state index contributed by atoms with van der Waals surface area (Å²) in [6, 6.07) is 7.16. The molecule has 2 aromatic carbocycles. The number of aromatic amines is 1. The van der Waals surface area contributed by atoms with Crippen molar-refractivity contribution in [2.24, 2.45) is 11.7 Å². The Morgan fingerprint density at radius 3 is 2.25 bits per heavy atom. The van der Waals surface area contributed by atoms with Crippen LogP contribution in [0.15, 0.2) is 61.1 Å². The van der Waals surface area contributed by atoms with Gasteiger partial charge in [-0.3, -0.25) is 24.0 Å². The molecule has 308 valence electrons. The van der Waals surface area contributed by atoms with Gasteiger partial charge in [-0.15, -0.1) is 0 Å². The first kappa shape index (κ1) is 44.7. The Hall–Kier alpha value is -5.04. The van der Waals surface area contributed by atoms with E-state index in [9.17, 15) is 39.0 Å². The topological polar surface area (TPSA) is 249 Å². The number of carbonyl (C=O) groups is 6. The van der Waals surface area contributed by atoms with E-state index in [1.807, 2.05) is 36.4 Å². The molecule has 1 aromatic heterocycles. The summed E-state index contributed by atoms with van der Waals surface area (Å²) in [6.45, 7) is 5.71. The molecule has 5 amide bonds. The molecular formula is C40H53IN8O8. The predicted octanol–water partition coefficient (Wildman–Crippen LogP) is 1.94. The third-order valence-electron chi connectivity index (χ3n) is 10.1. The first-order chi connectivity index (χ1) is 27.2. The number of carbonyl (C=O) groups excluding carboxylic acids is 5. The number of aromatic nitrogens is 2. The molecule has 4 rings (SSSR count). The number of likely N-dealkylation sites (tertiary alicyclic amines) is 1. The van der Waals surface area contributed by atoms with Gasteiger partial charge in [-0.05, 0) is 71.0 Å². The molecule has 1 saturated heterocycles. The van der Waals surface area contributed by atoms with Crippen molar-refractivity contribution in [2.75, 3.05) is 6.54 Å². The zero-order chi connectivity index (χ0) is 41.6. The molecule has 0 aliphatic carbocycles.